The largest absolute Gasteiger partial charge is 0.389 e. The summed E-state index contributed by atoms with van der Waals surface area (Å²) in [6, 6.07) is 1.43. The Bertz CT molecular complexity index is 397. The smallest absolute Gasteiger partial charge is 0.287 e. The van der Waals surface area contributed by atoms with Crippen molar-refractivity contribution in [3.8, 4) is 0 Å². The average molecular weight is 241 g/mol. The van der Waals surface area contributed by atoms with Crippen LogP contribution in [-0.2, 0) is 4.74 Å². The maximum Gasteiger partial charge on any atom is 0.287 e. The number of methoxy groups -OCH3 is 1. The van der Waals surface area contributed by atoms with Crippen LogP contribution in [0.4, 0.5) is 11.5 Å². The third-order valence-corrected chi connectivity index (χ3v) is 2.14. The Hall–Kier alpha value is -1.73. The lowest BCUT2D eigenvalue weighted by Gasteiger charge is -2.12. The fraction of sp³-hybridized carbons (Fsp3) is 0.500. The van der Waals surface area contributed by atoms with E-state index in [0.717, 1.165) is 0 Å². The van der Waals surface area contributed by atoms with Gasteiger partial charge in [0.15, 0.2) is 0 Å². The number of hydrogen-bond acceptors (Lipinski definition) is 6. The van der Waals surface area contributed by atoms with Gasteiger partial charge in [-0.2, -0.15) is 0 Å². The molecule has 0 aromatic carbocycles. The van der Waals surface area contributed by atoms with E-state index >= 15 is 0 Å². The van der Waals surface area contributed by atoms with E-state index in [1.54, 1.807) is 6.92 Å². The zero-order chi connectivity index (χ0) is 12.8. The van der Waals surface area contributed by atoms with Crippen molar-refractivity contribution >= 4 is 11.5 Å². The van der Waals surface area contributed by atoms with E-state index in [1.165, 1.54) is 19.4 Å². The van der Waals surface area contributed by atoms with E-state index in [1.807, 2.05) is 0 Å². The lowest BCUT2D eigenvalue weighted by molar-refractivity contribution is -0.385. The number of anilines is 1. The van der Waals surface area contributed by atoms with E-state index in [2.05, 4.69) is 10.3 Å². The normalized spacial score (nSPS) is 12.2. The predicted molar refractivity (Wildman–Crippen MR) is 62.0 cm³/mol. The topological polar surface area (TPSA) is 97.5 Å². The van der Waals surface area contributed by atoms with Crippen molar-refractivity contribution in [3.63, 3.8) is 0 Å². The molecule has 17 heavy (non-hydrogen) atoms. The number of rotatable bonds is 6. The SMILES string of the molecule is COC[C@@H](O)CNc1ncc([N+](=O)[O-])cc1C. The fourth-order valence-electron chi connectivity index (χ4n) is 1.31. The van der Waals surface area contributed by atoms with Gasteiger partial charge in [0.2, 0.25) is 0 Å². The van der Waals surface area contributed by atoms with Crippen LogP contribution in [0.15, 0.2) is 12.3 Å². The highest BCUT2D eigenvalue weighted by atomic mass is 16.6. The molecule has 0 aliphatic carbocycles. The first kappa shape index (κ1) is 13.3. The third-order valence-electron chi connectivity index (χ3n) is 2.14. The van der Waals surface area contributed by atoms with Crippen molar-refractivity contribution in [2.75, 3.05) is 25.6 Å². The van der Waals surface area contributed by atoms with Crippen LogP contribution in [0.25, 0.3) is 0 Å². The summed E-state index contributed by atoms with van der Waals surface area (Å²) in [6.45, 7) is 2.21. The molecule has 1 atom stereocenters. The van der Waals surface area contributed by atoms with E-state index in [4.69, 9.17) is 4.74 Å². The molecule has 1 aromatic heterocycles. The minimum absolute atomic E-state index is 0.0505. The van der Waals surface area contributed by atoms with Gasteiger partial charge in [-0.05, 0) is 12.5 Å². The van der Waals surface area contributed by atoms with Crippen LogP contribution in [0.2, 0.25) is 0 Å². The summed E-state index contributed by atoms with van der Waals surface area (Å²) in [4.78, 5) is 13.9. The molecule has 0 saturated heterocycles. The second-order valence-corrected chi connectivity index (χ2v) is 3.61. The second-order valence-electron chi connectivity index (χ2n) is 3.61. The number of nitro groups is 1. The van der Waals surface area contributed by atoms with Gasteiger partial charge in [0.05, 0.1) is 17.6 Å². The number of hydrogen-bond donors (Lipinski definition) is 2. The first-order chi connectivity index (χ1) is 8.04. The number of aromatic nitrogens is 1. The van der Waals surface area contributed by atoms with Crippen molar-refractivity contribution in [3.05, 3.63) is 27.9 Å². The number of nitrogens with zero attached hydrogens (tertiary/aromatic N) is 2. The van der Waals surface area contributed by atoms with Crippen molar-refractivity contribution in [2.24, 2.45) is 0 Å². The number of aliphatic hydroxyl groups is 1. The van der Waals surface area contributed by atoms with E-state index in [0.29, 0.717) is 11.4 Å². The zero-order valence-electron chi connectivity index (χ0n) is 9.71. The molecule has 0 unspecified atom stereocenters. The van der Waals surface area contributed by atoms with Crippen molar-refractivity contribution in [1.29, 1.82) is 0 Å². The minimum Gasteiger partial charge on any atom is -0.389 e. The van der Waals surface area contributed by atoms with Gasteiger partial charge in [-0.25, -0.2) is 4.98 Å². The van der Waals surface area contributed by atoms with E-state index < -0.39 is 11.0 Å². The highest BCUT2D eigenvalue weighted by Crippen LogP contribution is 2.17. The maximum atomic E-state index is 10.5. The van der Waals surface area contributed by atoms with Gasteiger partial charge >= 0.3 is 0 Å². The molecule has 0 radical (unpaired) electrons. The molecule has 0 amide bonds. The molecule has 0 spiro atoms. The lowest BCUT2D eigenvalue weighted by Crippen LogP contribution is -2.24. The van der Waals surface area contributed by atoms with Crippen LogP contribution >= 0.6 is 0 Å². The summed E-state index contributed by atoms with van der Waals surface area (Å²) >= 11 is 0. The monoisotopic (exact) mass is 241 g/mol. The number of aliphatic hydroxyl groups excluding tert-OH is 1. The van der Waals surface area contributed by atoms with Crippen molar-refractivity contribution in [2.45, 2.75) is 13.0 Å². The molecule has 94 valence electrons. The summed E-state index contributed by atoms with van der Waals surface area (Å²) < 4.78 is 4.77. The molecule has 1 rings (SSSR count). The molecule has 1 aromatic rings. The van der Waals surface area contributed by atoms with Crippen molar-refractivity contribution < 1.29 is 14.8 Å². The number of pyridine rings is 1. The summed E-state index contributed by atoms with van der Waals surface area (Å²) in [5.74, 6) is 0.519. The molecule has 0 fully saturated rings. The summed E-state index contributed by atoms with van der Waals surface area (Å²) in [5, 5.41) is 22.8. The van der Waals surface area contributed by atoms with E-state index in [-0.39, 0.29) is 18.8 Å². The highest BCUT2D eigenvalue weighted by Gasteiger charge is 2.10. The molecule has 0 aliphatic rings. The van der Waals surface area contributed by atoms with Crippen LogP contribution in [0, 0.1) is 17.0 Å². The van der Waals surface area contributed by atoms with Gasteiger partial charge in [-0.1, -0.05) is 0 Å². The Balaban J connectivity index is 2.63. The van der Waals surface area contributed by atoms with Crippen LogP contribution in [0.3, 0.4) is 0 Å². The second kappa shape index (κ2) is 6.12. The molecule has 7 nitrogen and oxygen atoms in total. The average Bonchev–Trinajstić information content (AvgIpc) is 2.27. The Labute approximate surface area is 98.6 Å². The summed E-state index contributed by atoms with van der Waals surface area (Å²) in [6.07, 6.45) is 0.536. The number of nitrogens with one attached hydrogen (secondary N) is 1. The maximum absolute atomic E-state index is 10.5. The number of ether oxygens (including phenoxy) is 1. The molecule has 0 aliphatic heterocycles. The first-order valence-corrected chi connectivity index (χ1v) is 5.06. The van der Waals surface area contributed by atoms with Gasteiger partial charge in [-0.15, -0.1) is 0 Å². The van der Waals surface area contributed by atoms with Gasteiger partial charge in [-0.3, -0.25) is 10.1 Å². The van der Waals surface area contributed by atoms with Gasteiger partial charge in [0, 0.05) is 19.7 Å². The van der Waals surface area contributed by atoms with Crippen LogP contribution < -0.4 is 5.32 Å². The molecular weight excluding hydrogens is 226 g/mol. The Morgan fingerprint density at radius 3 is 2.94 bits per heavy atom. The minimum atomic E-state index is -0.642. The summed E-state index contributed by atoms with van der Waals surface area (Å²) in [7, 11) is 1.50. The summed E-state index contributed by atoms with van der Waals surface area (Å²) in [5.41, 5.74) is 0.606. The third kappa shape index (κ3) is 3.97. The number of aryl methyl sites for hydroxylation is 1. The van der Waals surface area contributed by atoms with Gasteiger partial charge in [0.1, 0.15) is 12.0 Å². The molecule has 2 N–H and O–H groups in total. The molecular formula is C10H15N3O4. The van der Waals surface area contributed by atoms with Crippen LogP contribution in [-0.4, -0.2) is 41.4 Å². The van der Waals surface area contributed by atoms with Gasteiger partial charge < -0.3 is 15.2 Å². The Morgan fingerprint density at radius 2 is 2.41 bits per heavy atom. The highest BCUT2D eigenvalue weighted by molar-refractivity contribution is 5.48. The Kier molecular flexibility index (Phi) is 4.80. The Morgan fingerprint density at radius 1 is 1.71 bits per heavy atom. The zero-order valence-corrected chi connectivity index (χ0v) is 9.71. The quantitative estimate of drug-likeness (QED) is 0.562. The fourth-order valence-corrected chi connectivity index (χ4v) is 1.31. The molecule has 7 heteroatoms. The molecule has 1 heterocycles. The molecule has 0 bridgehead atoms. The standard InChI is InChI=1S/C10H15N3O4/c1-7-3-8(13(15)16)4-11-10(7)12-5-9(14)6-17-2/h3-4,9,14H,5-6H2,1-2H3,(H,11,12)/t9-/m0/s1. The van der Waals surface area contributed by atoms with Gasteiger partial charge in [0.25, 0.3) is 5.69 Å². The molecule has 0 saturated carbocycles. The lowest BCUT2D eigenvalue weighted by atomic mass is 10.2. The van der Waals surface area contributed by atoms with Crippen LogP contribution in [0.1, 0.15) is 5.56 Å². The predicted octanol–water partition coefficient (Wildman–Crippen LogP) is 0.717. The van der Waals surface area contributed by atoms with Crippen LogP contribution in [0.5, 0.6) is 0 Å². The van der Waals surface area contributed by atoms with Crippen molar-refractivity contribution in [1.82, 2.24) is 4.98 Å². The first-order valence-electron chi connectivity index (χ1n) is 5.06. The van der Waals surface area contributed by atoms with E-state index in [9.17, 15) is 15.2 Å².